The SMILES string of the molecule is O=C(NCc1ccccc1)C(c1cccc(F)c1)N1C(=O)[C@@H]2CCC[C@@H]21. The molecule has 5 heteroatoms. The van der Waals surface area contributed by atoms with E-state index in [0.717, 1.165) is 24.8 Å². The largest absolute Gasteiger partial charge is 0.350 e. The van der Waals surface area contributed by atoms with Gasteiger partial charge in [-0.1, -0.05) is 48.9 Å². The van der Waals surface area contributed by atoms with Crippen molar-refractivity contribution in [3.8, 4) is 0 Å². The van der Waals surface area contributed by atoms with Crippen LogP contribution in [0.25, 0.3) is 0 Å². The number of halogens is 1. The van der Waals surface area contributed by atoms with Crippen molar-refractivity contribution in [1.29, 1.82) is 0 Å². The number of nitrogens with one attached hydrogen (secondary N) is 1. The Bertz CT molecular complexity index is 824. The number of amides is 2. The number of nitrogens with zero attached hydrogens (tertiary/aromatic N) is 1. The lowest BCUT2D eigenvalue weighted by atomic mass is 9.86. The van der Waals surface area contributed by atoms with Gasteiger partial charge in [0.1, 0.15) is 11.9 Å². The molecule has 1 N–H and O–H groups in total. The minimum atomic E-state index is -0.777. The molecule has 1 aliphatic heterocycles. The Kier molecular flexibility index (Phi) is 4.45. The normalized spacial score (nSPS) is 22.5. The number of carbonyl (C=O) groups is 2. The molecule has 1 saturated carbocycles. The lowest BCUT2D eigenvalue weighted by molar-refractivity contribution is -0.162. The van der Waals surface area contributed by atoms with Crippen molar-refractivity contribution in [2.24, 2.45) is 5.92 Å². The van der Waals surface area contributed by atoms with Gasteiger partial charge in [-0.3, -0.25) is 9.59 Å². The standard InChI is InChI=1S/C21H21FN2O2/c22-16-9-4-8-15(12-16)19(24-18-11-5-10-17(18)21(24)26)20(25)23-13-14-6-2-1-3-7-14/h1-4,6-9,12,17-19H,5,10-11,13H2,(H,23,25)/t17-,18+,19?/m1/s1. The van der Waals surface area contributed by atoms with E-state index in [1.807, 2.05) is 30.3 Å². The van der Waals surface area contributed by atoms with Crippen LogP contribution in [0.4, 0.5) is 4.39 Å². The minimum Gasteiger partial charge on any atom is -0.350 e. The maximum absolute atomic E-state index is 13.8. The molecular formula is C21H21FN2O2. The molecule has 2 aromatic rings. The van der Waals surface area contributed by atoms with Crippen LogP contribution in [0.2, 0.25) is 0 Å². The molecule has 2 aliphatic rings. The zero-order valence-electron chi connectivity index (χ0n) is 14.4. The van der Waals surface area contributed by atoms with Gasteiger partial charge in [-0.2, -0.15) is 0 Å². The molecule has 0 spiro atoms. The fraction of sp³-hybridized carbons (Fsp3) is 0.333. The molecular weight excluding hydrogens is 331 g/mol. The van der Waals surface area contributed by atoms with Crippen LogP contribution in [0.3, 0.4) is 0 Å². The maximum Gasteiger partial charge on any atom is 0.247 e. The summed E-state index contributed by atoms with van der Waals surface area (Å²) in [6.45, 7) is 0.377. The molecule has 0 bridgehead atoms. The fourth-order valence-corrected chi connectivity index (χ4v) is 4.15. The first-order valence-electron chi connectivity index (χ1n) is 9.04. The van der Waals surface area contributed by atoms with Crippen molar-refractivity contribution < 1.29 is 14.0 Å². The van der Waals surface area contributed by atoms with E-state index in [1.165, 1.54) is 12.1 Å². The summed E-state index contributed by atoms with van der Waals surface area (Å²) in [7, 11) is 0. The summed E-state index contributed by atoms with van der Waals surface area (Å²) in [5.41, 5.74) is 1.50. The number of benzene rings is 2. The monoisotopic (exact) mass is 352 g/mol. The van der Waals surface area contributed by atoms with Crippen molar-refractivity contribution >= 4 is 11.8 Å². The highest BCUT2D eigenvalue weighted by atomic mass is 19.1. The lowest BCUT2D eigenvalue weighted by Gasteiger charge is -2.47. The summed E-state index contributed by atoms with van der Waals surface area (Å²) in [5.74, 6) is -0.623. The molecule has 4 rings (SSSR count). The lowest BCUT2D eigenvalue weighted by Crippen LogP contribution is -2.61. The van der Waals surface area contributed by atoms with Crippen LogP contribution in [0.15, 0.2) is 54.6 Å². The number of carbonyl (C=O) groups excluding carboxylic acids is 2. The number of likely N-dealkylation sites (tertiary alicyclic amines) is 1. The van der Waals surface area contributed by atoms with E-state index in [4.69, 9.17) is 0 Å². The predicted molar refractivity (Wildman–Crippen MR) is 95.4 cm³/mol. The molecule has 26 heavy (non-hydrogen) atoms. The molecule has 3 atom stereocenters. The Hall–Kier alpha value is -2.69. The smallest absolute Gasteiger partial charge is 0.247 e. The summed E-state index contributed by atoms with van der Waals surface area (Å²) in [6.07, 6.45) is 2.80. The van der Waals surface area contributed by atoms with Gasteiger partial charge in [0.2, 0.25) is 11.8 Å². The van der Waals surface area contributed by atoms with Crippen LogP contribution >= 0.6 is 0 Å². The third-order valence-corrected chi connectivity index (χ3v) is 5.41. The molecule has 0 radical (unpaired) electrons. The molecule has 1 saturated heterocycles. The Morgan fingerprint density at radius 3 is 2.73 bits per heavy atom. The first-order chi connectivity index (χ1) is 12.6. The van der Waals surface area contributed by atoms with Crippen molar-refractivity contribution in [3.63, 3.8) is 0 Å². The Labute approximate surface area is 152 Å². The second kappa shape index (κ2) is 6.90. The number of hydrogen-bond acceptors (Lipinski definition) is 2. The van der Waals surface area contributed by atoms with Crippen LogP contribution in [0.1, 0.15) is 36.4 Å². The van der Waals surface area contributed by atoms with E-state index in [0.29, 0.717) is 12.1 Å². The molecule has 0 aromatic heterocycles. The van der Waals surface area contributed by atoms with Crippen LogP contribution in [-0.4, -0.2) is 22.8 Å². The first kappa shape index (κ1) is 16.8. The van der Waals surface area contributed by atoms with Gasteiger partial charge in [-0.25, -0.2) is 4.39 Å². The third-order valence-electron chi connectivity index (χ3n) is 5.41. The average molecular weight is 352 g/mol. The zero-order valence-corrected chi connectivity index (χ0v) is 14.4. The van der Waals surface area contributed by atoms with Crippen molar-refractivity contribution in [2.45, 2.75) is 37.9 Å². The number of fused-ring (bicyclic) bond motifs is 1. The van der Waals surface area contributed by atoms with Gasteiger partial charge in [0, 0.05) is 12.6 Å². The van der Waals surface area contributed by atoms with Gasteiger partial charge in [0.25, 0.3) is 0 Å². The topological polar surface area (TPSA) is 49.4 Å². The predicted octanol–water partition coefficient (Wildman–Crippen LogP) is 3.19. The molecule has 1 heterocycles. The highest BCUT2D eigenvalue weighted by molar-refractivity contribution is 5.93. The van der Waals surface area contributed by atoms with Crippen molar-refractivity contribution in [3.05, 3.63) is 71.5 Å². The zero-order chi connectivity index (χ0) is 18.1. The van der Waals surface area contributed by atoms with Gasteiger partial charge in [-0.15, -0.1) is 0 Å². The summed E-state index contributed by atoms with van der Waals surface area (Å²) in [5, 5.41) is 2.91. The van der Waals surface area contributed by atoms with E-state index in [9.17, 15) is 14.0 Å². The van der Waals surface area contributed by atoms with E-state index < -0.39 is 11.9 Å². The second-order valence-electron chi connectivity index (χ2n) is 7.01. The summed E-state index contributed by atoms with van der Waals surface area (Å²) in [4.78, 5) is 27.2. The van der Waals surface area contributed by atoms with Gasteiger partial charge in [0.05, 0.1) is 5.92 Å². The van der Waals surface area contributed by atoms with Gasteiger partial charge < -0.3 is 10.2 Å². The highest BCUT2D eigenvalue weighted by Crippen LogP contribution is 2.45. The molecule has 2 amide bonds. The molecule has 2 aromatic carbocycles. The van der Waals surface area contributed by atoms with Crippen LogP contribution in [0.5, 0.6) is 0 Å². The molecule has 1 aliphatic carbocycles. The van der Waals surface area contributed by atoms with E-state index in [-0.39, 0.29) is 23.8 Å². The van der Waals surface area contributed by atoms with E-state index >= 15 is 0 Å². The third kappa shape index (κ3) is 2.98. The van der Waals surface area contributed by atoms with Gasteiger partial charge in [-0.05, 0) is 36.1 Å². The second-order valence-corrected chi connectivity index (χ2v) is 7.01. The number of β-lactam (4-membered cyclic amide) rings is 1. The fourth-order valence-electron chi connectivity index (χ4n) is 4.15. The van der Waals surface area contributed by atoms with E-state index in [1.54, 1.807) is 17.0 Å². The molecule has 134 valence electrons. The molecule has 2 fully saturated rings. The maximum atomic E-state index is 13.8. The Morgan fingerprint density at radius 1 is 1.15 bits per heavy atom. The first-order valence-corrected chi connectivity index (χ1v) is 9.04. The molecule has 1 unspecified atom stereocenters. The Morgan fingerprint density at radius 2 is 1.96 bits per heavy atom. The average Bonchev–Trinajstić information content (AvgIpc) is 3.09. The quantitative estimate of drug-likeness (QED) is 0.840. The van der Waals surface area contributed by atoms with Crippen LogP contribution < -0.4 is 5.32 Å². The van der Waals surface area contributed by atoms with Crippen LogP contribution in [-0.2, 0) is 16.1 Å². The van der Waals surface area contributed by atoms with Crippen LogP contribution in [0, 0.1) is 11.7 Å². The number of rotatable bonds is 5. The van der Waals surface area contributed by atoms with Gasteiger partial charge >= 0.3 is 0 Å². The summed E-state index contributed by atoms with van der Waals surface area (Å²) < 4.78 is 13.8. The number of hydrogen-bond donors (Lipinski definition) is 1. The minimum absolute atomic E-state index is 0.0108. The van der Waals surface area contributed by atoms with Gasteiger partial charge in [0.15, 0.2) is 0 Å². The molecule has 4 nitrogen and oxygen atoms in total. The van der Waals surface area contributed by atoms with E-state index in [2.05, 4.69) is 5.32 Å². The summed E-state index contributed by atoms with van der Waals surface area (Å²) in [6, 6.07) is 14.9. The van der Waals surface area contributed by atoms with Crippen molar-refractivity contribution in [2.75, 3.05) is 0 Å². The highest BCUT2D eigenvalue weighted by Gasteiger charge is 2.54. The van der Waals surface area contributed by atoms with Crippen molar-refractivity contribution in [1.82, 2.24) is 10.2 Å². The Balaban J connectivity index is 1.58. The summed E-state index contributed by atoms with van der Waals surface area (Å²) >= 11 is 0.